The molecule has 0 atom stereocenters. The zero-order valence-corrected chi connectivity index (χ0v) is 18.3. The van der Waals surface area contributed by atoms with Gasteiger partial charge < -0.3 is 20.4 Å². The van der Waals surface area contributed by atoms with E-state index < -0.39 is 0 Å². The molecule has 0 spiro atoms. The van der Waals surface area contributed by atoms with Crippen molar-refractivity contribution in [2.45, 2.75) is 45.1 Å². The second-order valence-electron chi connectivity index (χ2n) is 8.55. The van der Waals surface area contributed by atoms with Crippen molar-refractivity contribution in [3.05, 3.63) is 36.2 Å². The Labute approximate surface area is 180 Å². The lowest BCUT2D eigenvalue weighted by Gasteiger charge is -2.33. The highest BCUT2D eigenvalue weighted by atomic mass is 15.3. The summed E-state index contributed by atoms with van der Waals surface area (Å²) in [5.74, 6) is 2.64. The van der Waals surface area contributed by atoms with Gasteiger partial charge >= 0.3 is 0 Å². The molecule has 0 amide bonds. The SMILES string of the molecule is Cc1nc(Nc2cccc(NCNC3CCCCC3)c2)cc(N2CCN(C)CC2)n1. The van der Waals surface area contributed by atoms with Crippen molar-refractivity contribution < 1.29 is 0 Å². The lowest BCUT2D eigenvalue weighted by molar-refractivity contribution is 0.312. The summed E-state index contributed by atoms with van der Waals surface area (Å²) in [6.45, 7) is 6.89. The Morgan fingerprint density at radius 3 is 2.53 bits per heavy atom. The topological polar surface area (TPSA) is 68.4 Å². The Morgan fingerprint density at radius 1 is 0.967 bits per heavy atom. The molecule has 2 aliphatic rings. The van der Waals surface area contributed by atoms with E-state index in [4.69, 9.17) is 0 Å². The summed E-state index contributed by atoms with van der Waals surface area (Å²) in [5, 5.41) is 10.6. The Morgan fingerprint density at radius 2 is 1.73 bits per heavy atom. The van der Waals surface area contributed by atoms with Gasteiger partial charge in [0.2, 0.25) is 0 Å². The molecule has 0 unspecified atom stereocenters. The summed E-state index contributed by atoms with van der Waals surface area (Å²) in [4.78, 5) is 14.0. The van der Waals surface area contributed by atoms with Crippen molar-refractivity contribution in [3.8, 4) is 0 Å². The highest BCUT2D eigenvalue weighted by Gasteiger charge is 2.16. The molecule has 1 aromatic heterocycles. The van der Waals surface area contributed by atoms with E-state index in [-0.39, 0.29) is 0 Å². The smallest absolute Gasteiger partial charge is 0.136 e. The van der Waals surface area contributed by atoms with Crippen molar-refractivity contribution in [2.75, 3.05) is 55.4 Å². The fraction of sp³-hybridized carbons (Fsp3) is 0.565. The summed E-state index contributed by atoms with van der Waals surface area (Å²) >= 11 is 0. The average molecular weight is 410 g/mol. The molecule has 4 rings (SSSR count). The Balaban J connectivity index is 1.36. The molecule has 7 nitrogen and oxygen atoms in total. The quantitative estimate of drug-likeness (QED) is 0.604. The molecule has 162 valence electrons. The third-order valence-electron chi connectivity index (χ3n) is 6.08. The maximum Gasteiger partial charge on any atom is 0.136 e. The number of hydrogen-bond acceptors (Lipinski definition) is 7. The first-order chi connectivity index (χ1) is 14.7. The van der Waals surface area contributed by atoms with E-state index >= 15 is 0 Å². The van der Waals surface area contributed by atoms with Crippen LogP contribution in [0.3, 0.4) is 0 Å². The Bertz CT molecular complexity index is 811. The van der Waals surface area contributed by atoms with Crippen LogP contribution in [0.5, 0.6) is 0 Å². The lowest BCUT2D eigenvalue weighted by atomic mass is 9.96. The second kappa shape index (κ2) is 10.1. The molecule has 1 saturated heterocycles. The minimum atomic E-state index is 0.657. The van der Waals surface area contributed by atoms with Crippen LogP contribution in [0.1, 0.15) is 37.9 Å². The van der Waals surface area contributed by atoms with Gasteiger partial charge in [0.1, 0.15) is 17.5 Å². The zero-order valence-electron chi connectivity index (χ0n) is 18.3. The minimum absolute atomic E-state index is 0.657. The van der Waals surface area contributed by atoms with E-state index in [1.54, 1.807) is 0 Å². The molecule has 1 saturated carbocycles. The predicted octanol–water partition coefficient (Wildman–Crippen LogP) is 3.57. The number of anilines is 4. The van der Waals surface area contributed by atoms with E-state index in [1.165, 1.54) is 32.1 Å². The average Bonchev–Trinajstić information content (AvgIpc) is 2.75. The normalized spacial score (nSPS) is 18.4. The number of aryl methyl sites for hydroxylation is 1. The van der Waals surface area contributed by atoms with E-state index in [2.05, 4.69) is 73.1 Å². The number of likely N-dealkylation sites (N-methyl/N-ethyl adjacent to an activating group) is 1. The molecule has 1 aliphatic heterocycles. The van der Waals surface area contributed by atoms with Gasteiger partial charge in [0.25, 0.3) is 0 Å². The van der Waals surface area contributed by atoms with Crippen molar-refractivity contribution in [2.24, 2.45) is 0 Å². The first-order valence-corrected chi connectivity index (χ1v) is 11.3. The molecular formula is C23H35N7. The third kappa shape index (κ3) is 5.83. The van der Waals surface area contributed by atoms with Crippen molar-refractivity contribution in [1.82, 2.24) is 20.2 Å². The second-order valence-corrected chi connectivity index (χ2v) is 8.55. The van der Waals surface area contributed by atoms with Gasteiger partial charge in [-0.3, -0.25) is 5.32 Å². The highest BCUT2D eigenvalue weighted by Crippen LogP contribution is 2.23. The largest absolute Gasteiger partial charge is 0.372 e. The van der Waals surface area contributed by atoms with Gasteiger partial charge in [0.05, 0.1) is 6.67 Å². The number of nitrogens with zero attached hydrogens (tertiary/aromatic N) is 4. The molecule has 1 aromatic carbocycles. The number of piperazine rings is 1. The molecule has 0 radical (unpaired) electrons. The Kier molecular flexibility index (Phi) is 7.02. The third-order valence-corrected chi connectivity index (χ3v) is 6.08. The zero-order chi connectivity index (χ0) is 20.8. The maximum absolute atomic E-state index is 4.66. The molecule has 2 fully saturated rings. The van der Waals surface area contributed by atoms with Crippen LogP contribution in [0, 0.1) is 6.92 Å². The van der Waals surface area contributed by atoms with Crippen molar-refractivity contribution in [1.29, 1.82) is 0 Å². The van der Waals surface area contributed by atoms with Crippen LogP contribution >= 0.6 is 0 Å². The number of hydrogen-bond donors (Lipinski definition) is 3. The predicted molar refractivity (Wildman–Crippen MR) is 125 cm³/mol. The van der Waals surface area contributed by atoms with Gasteiger partial charge in [0.15, 0.2) is 0 Å². The van der Waals surface area contributed by atoms with Gasteiger partial charge in [-0.25, -0.2) is 9.97 Å². The van der Waals surface area contributed by atoms with E-state index in [1.807, 2.05) is 6.92 Å². The molecule has 2 aromatic rings. The minimum Gasteiger partial charge on any atom is -0.372 e. The molecule has 2 heterocycles. The first kappa shape index (κ1) is 20.9. The number of aromatic nitrogens is 2. The van der Waals surface area contributed by atoms with Crippen LogP contribution in [0.25, 0.3) is 0 Å². The molecule has 3 N–H and O–H groups in total. The molecule has 30 heavy (non-hydrogen) atoms. The van der Waals surface area contributed by atoms with E-state index in [0.29, 0.717) is 6.04 Å². The summed E-state index contributed by atoms with van der Waals surface area (Å²) in [6.07, 6.45) is 6.69. The number of rotatable bonds is 7. The van der Waals surface area contributed by atoms with Crippen LogP contribution in [0.4, 0.5) is 23.0 Å². The fourth-order valence-electron chi connectivity index (χ4n) is 4.27. The number of benzene rings is 1. The van der Waals surface area contributed by atoms with Gasteiger partial charge in [-0.1, -0.05) is 25.3 Å². The summed E-state index contributed by atoms with van der Waals surface area (Å²) in [7, 11) is 2.17. The molecule has 1 aliphatic carbocycles. The summed E-state index contributed by atoms with van der Waals surface area (Å²) in [6, 6.07) is 11.1. The van der Waals surface area contributed by atoms with Crippen LogP contribution < -0.4 is 20.9 Å². The summed E-state index contributed by atoms with van der Waals surface area (Å²) < 4.78 is 0. The van der Waals surface area contributed by atoms with Crippen LogP contribution in [-0.2, 0) is 0 Å². The van der Waals surface area contributed by atoms with Crippen LogP contribution in [-0.4, -0.2) is 60.8 Å². The van der Waals surface area contributed by atoms with Crippen molar-refractivity contribution in [3.63, 3.8) is 0 Å². The van der Waals surface area contributed by atoms with Crippen LogP contribution in [0.15, 0.2) is 30.3 Å². The van der Waals surface area contributed by atoms with Gasteiger partial charge in [-0.2, -0.15) is 0 Å². The van der Waals surface area contributed by atoms with Gasteiger partial charge in [-0.05, 0) is 45.0 Å². The molecule has 7 heteroatoms. The standard InChI is InChI=1S/C23H35N7/c1-18-26-22(16-23(27-18)30-13-11-29(2)12-14-30)28-21-10-6-9-20(15-21)25-17-24-19-7-4-3-5-8-19/h6,9-10,15-16,19,24-25H,3-5,7-8,11-14,17H2,1-2H3,(H,26,27,28). The van der Waals surface area contributed by atoms with Crippen LogP contribution in [0.2, 0.25) is 0 Å². The fourth-order valence-corrected chi connectivity index (χ4v) is 4.27. The van der Waals surface area contributed by atoms with Gasteiger partial charge in [0, 0.05) is 49.7 Å². The van der Waals surface area contributed by atoms with Gasteiger partial charge in [-0.15, -0.1) is 0 Å². The first-order valence-electron chi connectivity index (χ1n) is 11.3. The Hall–Kier alpha value is -2.38. The lowest BCUT2D eigenvalue weighted by Crippen LogP contribution is -2.44. The highest BCUT2D eigenvalue weighted by molar-refractivity contribution is 5.64. The van der Waals surface area contributed by atoms with E-state index in [0.717, 1.165) is 61.7 Å². The summed E-state index contributed by atoms with van der Waals surface area (Å²) in [5.41, 5.74) is 2.13. The monoisotopic (exact) mass is 409 g/mol. The van der Waals surface area contributed by atoms with E-state index in [9.17, 15) is 0 Å². The molecule has 0 bridgehead atoms. The number of nitrogens with one attached hydrogen (secondary N) is 3. The molecular weight excluding hydrogens is 374 g/mol. The van der Waals surface area contributed by atoms with Crippen molar-refractivity contribution >= 4 is 23.0 Å². The maximum atomic E-state index is 4.66.